The standard InChI is InChI=1S/C19H22N2OS/c1-11-9-14(5-8-18(11)20)12(2)21-19(22)17-10-16(17)13-3-6-15(23)7-4-13/h3-9,12,16-17,23H,10,20H2,1-2H3,(H,21,22). The second-order valence-electron chi connectivity index (χ2n) is 6.39. The van der Waals surface area contributed by atoms with Crippen LogP contribution in [0, 0.1) is 12.8 Å². The largest absolute Gasteiger partial charge is 0.399 e. The fourth-order valence-electron chi connectivity index (χ4n) is 2.95. The van der Waals surface area contributed by atoms with Crippen LogP contribution in [0.25, 0.3) is 0 Å². The van der Waals surface area contributed by atoms with Gasteiger partial charge in [0.1, 0.15) is 0 Å². The summed E-state index contributed by atoms with van der Waals surface area (Å²) in [5.41, 5.74) is 9.98. The number of nitrogen functional groups attached to an aromatic ring is 1. The van der Waals surface area contributed by atoms with E-state index in [1.54, 1.807) is 0 Å². The topological polar surface area (TPSA) is 55.1 Å². The Kier molecular flexibility index (Phi) is 4.35. The maximum Gasteiger partial charge on any atom is 0.224 e. The van der Waals surface area contributed by atoms with Crippen LogP contribution in [0.1, 0.15) is 42.0 Å². The van der Waals surface area contributed by atoms with E-state index in [2.05, 4.69) is 30.1 Å². The van der Waals surface area contributed by atoms with Crippen molar-refractivity contribution in [3.63, 3.8) is 0 Å². The third-order valence-electron chi connectivity index (χ3n) is 4.60. The lowest BCUT2D eigenvalue weighted by Gasteiger charge is -2.15. The predicted octanol–water partition coefficient (Wildman–Crippen LogP) is 3.85. The van der Waals surface area contributed by atoms with Crippen molar-refractivity contribution >= 4 is 24.2 Å². The number of nitrogens with one attached hydrogen (secondary N) is 1. The zero-order valence-corrected chi connectivity index (χ0v) is 14.3. The molecule has 4 heteroatoms. The zero-order valence-electron chi connectivity index (χ0n) is 13.4. The van der Waals surface area contributed by atoms with E-state index in [4.69, 9.17) is 5.73 Å². The Labute approximate surface area is 142 Å². The Morgan fingerprint density at radius 2 is 1.96 bits per heavy atom. The van der Waals surface area contributed by atoms with E-state index in [1.807, 2.05) is 44.2 Å². The summed E-state index contributed by atoms with van der Waals surface area (Å²) in [6.45, 7) is 3.99. The van der Waals surface area contributed by atoms with E-state index < -0.39 is 0 Å². The summed E-state index contributed by atoms with van der Waals surface area (Å²) in [5, 5.41) is 3.12. The van der Waals surface area contributed by atoms with Crippen LogP contribution in [0.15, 0.2) is 47.4 Å². The monoisotopic (exact) mass is 326 g/mol. The smallest absolute Gasteiger partial charge is 0.224 e. The van der Waals surface area contributed by atoms with E-state index in [-0.39, 0.29) is 17.9 Å². The minimum absolute atomic E-state index is 0.0112. The Balaban J connectivity index is 1.61. The Morgan fingerprint density at radius 1 is 1.26 bits per heavy atom. The number of benzene rings is 2. The van der Waals surface area contributed by atoms with Gasteiger partial charge in [0.15, 0.2) is 0 Å². The number of thiol groups is 1. The van der Waals surface area contributed by atoms with E-state index in [0.717, 1.165) is 28.1 Å². The molecule has 0 aliphatic heterocycles. The Morgan fingerprint density at radius 3 is 2.61 bits per heavy atom. The van der Waals surface area contributed by atoms with Gasteiger partial charge in [-0.2, -0.15) is 0 Å². The maximum atomic E-state index is 12.4. The quantitative estimate of drug-likeness (QED) is 0.590. The molecule has 0 bridgehead atoms. The molecule has 3 atom stereocenters. The summed E-state index contributed by atoms with van der Waals surface area (Å²) in [7, 11) is 0. The third-order valence-corrected chi connectivity index (χ3v) is 4.90. The van der Waals surface area contributed by atoms with Crippen molar-refractivity contribution in [3.05, 3.63) is 59.2 Å². The summed E-state index contributed by atoms with van der Waals surface area (Å²) >= 11 is 4.30. The molecule has 1 aliphatic rings. The maximum absolute atomic E-state index is 12.4. The lowest BCUT2D eigenvalue weighted by molar-refractivity contribution is -0.123. The summed E-state index contributed by atoms with van der Waals surface area (Å²) in [6.07, 6.45) is 0.922. The van der Waals surface area contributed by atoms with Gasteiger partial charge in [-0.25, -0.2) is 0 Å². The number of nitrogens with two attached hydrogens (primary N) is 1. The highest BCUT2D eigenvalue weighted by Crippen LogP contribution is 2.47. The average molecular weight is 326 g/mol. The first-order valence-corrected chi connectivity index (χ1v) is 8.35. The molecule has 0 heterocycles. The summed E-state index contributed by atoms with van der Waals surface area (Å²) < 4.78 is 0. The molecule has 23 heavy (non-hydrogen) atoms. The molecule has 1 amide bonds. The second-order valence-corrected chi connectivity index (χ2v) is 6.90. The number of anilines is 1. The Hall–Kier alpha value is -1.94. The van der Waals surface area contributed by atoms with Gasteiger partial charge in [0.2, 0.25) is 5.91 Å². The molecule has 3 rings (SSSR count). The normalized spacial score (nSPS) is 20.8. The predicted molar refractivity (Wildman–Crippen MR) is 96.7 cm³/mol. The van der Waals surface area contributed by atoms with Crippen LogP contribution >= 0.6 is 12.6 Å². The van der Waals surface area contributed by atoms with Gasteiger partial charge in [-0.15, -0.1) is 12.6 Å². The highest BCUT2D eigenvalue weighted by Gasteiger charge is 2.44. The van der Waals surface area contributed by atoms with Crippen molar-refractivity contribution in [3.8, 4) is 0 Å². The van der Waals surface area contributed by atoms with Crippen LogP contribution < -0.4 is 11.1 Å². The van der Waals surface area contributed by atoms with Crippen LogP contribution in [-0.2, 0) is 4.79 Å². The van der Waals surface area contributed by atoms with Crippen molar-refractivity contribution in [2.24, 2.45) is 5.92 Å². The van der Waals surface area contributed by atoms with Gasteiger partial charge >= 0.3 is 0 Å². The third kappa shape index (κ3) is 3.53. The van der Waals surface area contributed by atoms with Gasteiger partial charge in [-0.3, -0.25) is 4.79 Å². The van der Waals surface area contributed by atoms with Gasteiger partial charge in [-0.1, -0.05) is 24.3 Å². The minimum Gasteiger partial charge on any atom is -0.399 e. The molecule has 0 spiro atoms. The Bertz CT molecular complexity index is 727. The van der Waals surface area contributed by atoms with Gasteiger partial charge in [0.25, 0.3) is 0 Å². The molecule has 0 radical (unpaired) electrons. The van der Waals surface area contributed by atoms with Gasteiger partial charge in [-0.05, 0) is 61.1 Å². The van der Waals surface area contributed by atoms with Gasteiger partial charge in [0.05, 0.1) is 6.04 Å². The molecule has 3 nitrogen and oxygen atoms in total. The molecule has 2 aromatic rings. The molecular formula is C19H22N2OS. The molecule has 0 aromatic heterocycles. The number of hydrogen-bond donors (Lipinski definition) is 3. The summed E-state index contributed by atoms with van der Waals surface area (Å²) in [6, 6.07) is 14.0. The molecule has 0 saturated heterocycles. The van der Waals surface area contributed by atoms with Crippen molar-refractivity contribution in [1.82, 2.24) is 5.32 Å². The number of carbonyl (C=O) groups is 1. The van der Waals surface area contributed by atoms with Crippen LogP contribution in [0.4, 0.5) is 5.69 Å². The van der Waals surface area contributed by atoms with Crippen LogP contribution in [0.5, 0.6) is 0 Å². The second kappa shape index (κ2) is 6.28. The van der Waals surface area contributed by atoms with Crippen LogP contribution in [0.3, 0.4) is 0 Å². The molecule has 1 fully saturated rings. The number of carbonyl (C=O) groups excluding carboxylic acids is 1. The van der Waals surface area contributed by atoms with Crippen molar-refractivity contribution in [2.75, 3.05) is 5.73 Å². The number of rotatable bonds is 4. The lowest BCUT2D eigenvalue weighted by atomic mass is 10.0. The first-order valence-electron chi connectivity index (χ1n) is 7.91. The minimum atomic E-state index is -0.0112. The molecular weight excluding hydrogens is 304 g/mol. The van der Waals surface area contributed by atoms with Crippen LogP contribution in [-0.4, -0.2) is 5.91 Å². The van der Waals surface area contributed by atoms with E-state index >= 15 is 0 Å². The number of aryl methyl sites for hydroxylation is 1. The molecule has 1 saturated carbocycles. The summed E-state index contributed by atoms with van der Waals surface area (Å²) in [4.78, 5) is 13.4. The van der Waals surface area contributed by atoms with Crippen molar-refractivity contribution in [2.45, 2.75) is 37.1 Å². The van der Waals surface area contributed by atoms with E-state index in [1.165, 1.54) is 5.56 Å². The summed E-state index contributed by atoms with van der Waals surface area (Å²) in [5.74, 6) is 0.550. The lowest BCUT2D eigenvalue weighted by Crippen LogP contribution is -2.28. The van der Waals surface area contributed by atoms with Crippen LogP contribution in [0.2, 0.25) is 0 Å². The number of hydrogen-bond acceptors (Lipinski definition) is 3. The zero-order chi connectivity index (χ0) is 16.6. The molecule has 2 aromatic carbocycles. The number of amides is 1. The highest BCUT2D eigenvalue weighted by molar-refractivity contribution is 7.80. The SMILES string of the molecule is Cc1cc(C(C)NC(=O)C2CC2c2ccc(S)cc2)ccc1N. The van der Waals surface area contributed by atoms with Crippen molar-refractivity contribution in [1.29, 1.82) is 0 Å². The van der Waals surface area contributed by atoms with Gasteiger partial charge in [0, 0.05) is 16.5 Å². The highest BCUT2D eigenvalue weighted by atomic mass is 32.1. The fraction of sp³-hybridized carbons (Fsp3) is 0.316. The average Bonchev–Trinajstić information content (AvgIpc) is 3.31. The van der Waals surface area contributed by atoms with Gasteiger partial charge < -0.3 is 11.1 Å². The molecule has 120 valence electrons. The molecule has 3 N–H and O–H groups in total. The van der Waals surface area contributed by atoms with Crippen molar-refractivity contribution < 1.29 is 4.79 Å². The fourth-order valence-corrected chi connectivity index (χ4v) is 3.10. The molecule has 3 unspecified atom stereocenters. The first kappa shape index (κ1) is 15.9. The molecule has 1 aliphatic carbocycles. The van der Waals surface area contributed by atoms with E-state index in [0.29, 0.717) is 5.92 Å². The first-order chi connectivity index (χ1) is 11.0. The van der Waals surface area contributed by atoms with E-state index in [9.17, 15) is 4.79 Å².